The highest BCUT2D eigenvalue weighted by Gasteiger charge is 2.33. The molecule has 64 valence electrons. The van der Waals surface area contributed by atoms with E-state index in [0.717, 1.165) is 5.69 Å². The van der Waals surface area contributed by atoms with Crippen LogP contribution < -0.4 is 5.73 Å². The zero-order valence-corrected chi connectivity index (χ0v) is 7.51. The first-order chi connectivity index (χ1) is 5.71. The predicted octanol–water partition coefficient (Wildman–Crippen LogP) is 2.71. The molecule has 0 aliphatic heterocycles. The van der Waals surface area contributed by atoms with Gasteiger partial charge in [-0.1, -0.05) is 25.5 Å². The molecule has 0 radical (unpaired) electrons. The minimum atomic E-state index is 0.426. The summed E-state index contributed by atoms with van der Waals surface area (Å²) in [4.78, 5) is 0. The molecule has 0 saturated heterocycles. The van der Waals surface area contributed by atoms with Gasteiger partial charge < -0.3 is 5.73 Å². The van der Waals surface area contributed by atoms with Crippen molar-refractivity contribution in [3.05, 3.63) is 29.8 Å². The largest absolute Gasteiger partial charge is 0.399 e. The lowest BCUT2D eigenvalue weighted by Gasteiger charge is -2.39. The van der Waals surface area contributed by atoms with Crippen LogP contribution in [-0.2, 0) is 5.41 Å². The van der Waals surface area contributed by atoms with Crippen molar-refractivity contribution in [1.82, 2.24) is 0 Å². The fourth-order valence-corrected chi connectivity index (χ4v) is 1.91. The van der Waals surface area contributed by atoms with Crippen molar-refractivity contribution in [3.8, 4) is 0 Å². The van der Waals surface area contributed by atoms with Gasteiger partial charge in [0, 0.05) is 5.69 Å². The van der Waals surface area contributed by atoms with Crippen LogP contribution in [0, 0.1) is 0 Å². The summed E-state index contributed by atoms with van der Waals surface area (Å²) in [5.74, 6) is 0. The van der Waals surface area contributed by atoms with Gasteiger partial charge >= 0.3 is 0 Å². The molecule has 1 aliphatic carbocycles. The zero-order chi connectivity index (χ0) is 8.60. The molecule has 1 fully saturated rings. The average molecular weight is 161 g/mol. The lowest BCUT2D eigenvalue weighted by molar-refractivity contribution is 0.272. The minimum Gasteiger partial charge on any atom is -0.399 e. The van der Waals surface area contributed by atoms with Gasteiger partial charge in [-0.2, -0.15) is 0 Å². The van der Waals surface area contributed by atoms with Crippen LogP contribution in [0.15, 0.2) is 24.3 Å². The molecule has 1 aliphatic rings. The summed E-state index contributed by atoms with van der Waals surface area (Å²) < 4.78 is 0. The third-order valence-corrected chi connectivity index (χ3v) is 3.04. The molecular weight excluding hydrogens is 146 g/mol. The van der Waals surface area contributed by atoms with Gasteiger partial charge in [-0.3, -0.25) is 0 Å². The van der Waals surface area contributed by atoms with E-state index in [1.54, 1.807) is 0 Å². The maximum Gasteiger partial charge on any atom is 0.0316 e. The Labute approximate surface area is 73.6 Å². The van der Waals surface area contributed by atoms with E-state index in [9.17, 15) is 0 Å². The van der Waals surface area contributed by atoms with Gasteiger partial charge in [-0.05, 0) is 36.0 Å². The number of benzene rings is 1. The van der Waals surface area contributed by atoms with Gasteiger partial charge in [-0.15, -0.1) is 0 Å². The highest BCUT2D eigenvalue weighted by Crippen LogP contribution is 2.43. The summed E-state index contributed by atoms with van der Waals surface area (Å²) in [5.41, 5.74) is 8.46. The standard InChI is InChI=1S/C11H15N/c1-11(6-3-7-11)9-4-2-5-10(12)8-9/h2,4-5,8H,3,6-7,12H2,1H3. The summed E-state index contributed by atoms with van der Waals surface area (Å²) in [7, 11) is 0. The van der Waals surface area contributed by atoms with Crippen LogP contribution in [0.4, 0.5) is 5.69 Å². The van der Waals surface area contributed by atoms with Crippen molar-refractivity contribution in [2.45, 2.75) is 31.6 Å². The van der Waals surface area contributed by atoms with Gasteiger partial charge in [0.1, 0.15) is 0 Å². The molecule has 1 aromatic rings. The molecule has 2 N–H and O–H groups in total. The fourth-order valence-electron chi connectivity index (χ4n) is 1.91. The Morgan fingerprint density at radius 2 is 2.08 bits per heavy atom. The second-order valence-electron chi connectivity index (χ2n) is 4.04. The highest BCUT2D eigenvalue weighted by atomic mass is 14.5. The molecule has 0 unspecified atom stereocenters. The first-order valence-corrected chi connectivity index (χ1v) is 4.57. The average Bonchev–Trinajstić information content (AvgIpc) is 2.00. The number of hydrogen-bond acceptors (Lipinski definition) is 1. The fraction of sp³-hybridized carbons (Fsp3) is 0.455. The van der Waals surface area contributed by atoms with E-state index in [4.69, 9.17) is 5.73 Å². The van der Waals surface area contributed by atoms with E-state index in [1.165, 1.54) is 24.8 Å². The maximum absolute atomic E-state index is 5.73. The molecule has 1 saturated carbocycles. The summed E-state index contributed by atoms with van der Waals surface area (Å²) >= 11 is 0. The van der Waals surface area contributed by atoms with Crippen molar-refractivity contribution in [2.75, 3.05) is 5.73 Å². The number of nitrogen functional groups attached to an aromatic ring is 1. The Kier molecular flexibility index (Phi) is 1.60. The van der Waals surface area contributed by atoms with Crippen molar-refractivity contribution >= 4 is 5.69 Å². The molecule has 1 aromatic carbocycles. The molecule has 0 heterocycles. The van der Waals surface area contributed by atoms with Crippen molar-refractivity contribution in [2.24, 2.45) is 0 Å². The molecule has 1 nitrogen and oxygen atoms in total. The normalized spacial score (nSPS) is 20.1. The van der Waals surface area contributed by atoms with Crippen LogP contribution in [0.5, 0.6) is 0 Å². The van der Waals surface area contributed by atoms with Gasteiger partial charge in [0.2, 0.25) is 0 Å². The Morgan fingerprint density at radius 3 is 2.58 bits per heavy atom. The SMILES string of the molecule is CC1(c2cccc(N)c2)CCC1. The van der Waals surface area contributed by atoms with Crippen molar-refractivity contribution in [1.29, 1.82) is 0 Å². The second-order valence-corrected chi connectivity index (χ2v) is 4.04. The zero-order valence-electron chi connectivity index (χ0n) is 7.51. The summed E-state index contributed by atoms with van der Waals surface area (Å²) in [6.45, 7) is 2.32. The predicted molar refractivity (Wildman–Crippen MR) is 52.1 cm³/mol. The highest BCUT2D eigenvalue weighted by molar-refractivity contribution is 5.43. The van der Waals surface area contributed by atoms with E-state index < -0.39 is 0 Å². The van der Waals surface area contributed by atoms with E-state index in [-0.39, 0.29) is 0 Å². The smallest absolute Gasteiger partial charge is 0.0316 e. The first kappa shape index (κ1) is 7.66. The van der Waals surface area contributed by atoms with Gasteiger partial charge in [0.05, 0.1) is 0 Å². The molecule has 0 aromatic heterocycles. The van der Waals surface area contributed by atoms with Crippen LogP contribution in [-0.4, -0.2) is 0 Å². The van der Waals surface area contributed by atoms with Crippen LogP contribution in [0.25, 0.3) is 0 Å². The van der Waals surface area contributed by atoms with Gasteiger partial charge in [0.15, 0.2) is 0 Å². The number of rotatable bonds is 1. The first-order valence-electron chi connectivity index (χ1n) is 4.57. The van der Waals surface area contributed by atoms with Gasteiger partial charge in [0.25, 0.3) is 0 Å². The van der Waals surface area contributed by atoms with E-state index >= 15 is 0 Å². The Balaban J connectivity index is 2.33. The molecule has 12 heavy (non-hydrogen) atoms. The molecule has 2 rings (SSSR count). The summed E-state index contributed by atoms with van der Waals surface area (Å²) in [6.07, 6.45) is 4.00. The third kappa shape index (κ3) is 1.09. The monoisotopic (exact) mass is 161 g/mol. The third-order valence-electron chi connectivity index (χ3n) is 3.04. The van der Waals surface area contributed by atoms with Crippen molar-refractivity contribution in [3.63, 3.8) is 0 Å². The van der Waals surface area contributed by atoms with E-state index in [2.05, 4.69) is 19.1 Å². The quantitative estimate of drug-likeness (QED) is 0.630. The van der Waals surface area contributed by atoms with Crippen molar-refractivity contribution < 1.29 is 0 Å². The lowest BCUT2D eigenvalue weighted by atomic mass is 9.66. The van der Waals surface area contributed by atoms with Crippen LogP contribution in [0.2, 0.25) is 0 Å². The van der Waals surface area contributed by atoms with E-state index in [0.29, 0.717) is 5.41 Å². The Bertz CT molecular complexity index is 287. The topological polar surface area (TPSA) is 26.0 Å². The number of hydrogen-bond donors (Lipinski definition) is 1. The summed E-state index contributed by atoms with van der Waals surface area (Å²) in [5, 5.41) is 0. The van der Waals surface area contributed by atoms with Crippen LogP contribution in [0.3, 0.4) is 0 Å². The maximum atomic E-state index is 5.73. The van der Waals surface area contributed by atoms with Gasteiger partial charge in [-0.25, -0.2) is 0 Å². The van der Waals surface area contributed by atoms with Crippen LogP contribution >= 0.6 is 0 Å². The Morgan fingerprint density at radius 1 is 1.33 bits per heavy atom. The Hall–Kier alpha value is -0.980. The second kappa shape index (κ2) is 2.51. The van der Waals surface area contributed by atoms with E-state index in [1.807, 2.05) is 12.1 Å². The molecule has 0 bridgehead atoms. The lowest BCUT2D eigenvalue weighted by Crippen LogP contribution is -2.30. The summed E-state index contributed by atoms with van der Waals surface area (Å²) in [6, 6.07) is 8.30. The molecule has 0 spiro atoms. The molecule has 0 amide bonds. The minimum absolute atomic E-state index is 0.426. The molecular formula is C11H15N. The molecule has 1 heteroatoms. The van der Waals surface area contributed by atoms with Crippen LogP contribution in [0.1, 0.15) is 31.7 Å². The number of nitrogens with two attached hydrogens (primary N) is 1. The number of anilines is 1. The molecule has 0 atom stereocenters.